The van der Waals surface area contributed by atoms with Gasteiger partial charge in [0.2, 0.25) is 0 Å². The summed E-state index contributed by atoms with van der Waals surface area (Å²) in [4.78, 5) is 26.7. The molecular formula is C22H21FN4O2. The Morgan fingerprint density at radius 3 is 2.28 bits per heavy atom. The number of imide groups is 1. The van der Waals surface area contributed by atoms with Crippen LogP contribution in [0.5, 0.6) is 0 Å². The Labute approximate surface area is 167 Å². The van der Waals surface area contributed by atoms with Crippen LogP contribution in [0.3, 0.4) is 0 Å². The summed E-state index contributed by atoms with van der Waals surface area (Å²) in [7, 11) is 0. The van der Waals surface area contributed by atoms with Crippen molar-refractivity contribution in [2.75, 3.05) is 0 Å². The van der Waals surface area contributed by atoms with Crippen molar-refractivity contribution in [3.63, 3.8) is 0 Å². The molecule has 0 radical (unpaired) electrons. The first kappa shape index (κ1) is 18.9. The lowest BCUT2D eigenvalue weighted by molar-refractivity contribution is -0.131. The molecule has 1 aliphatic rings. The summed E-state index contributed by atoms with van der Waals surface area (Å²) in [5, 5.41) is 7.19. The zero-order valence-electron chi connectivity index (χ0n) is 16.4. The molecule has 1 saturated heterocycles. The number of halogens is 1. The largest absolute Gasteiger partial charge is 0.325 e. The van der Waals surface area contributed by atoms with Gasteiger partial charge in [0.15, 0.2) is 0 Å². The van der Waals surface area contributed by atoms with Crippen LogP contribution in [0, 0.1) is 19.7 Å². The van der Waals surface area contributed by atoms with Crippen LogP contribution >= 0.6 is 0 Å². The van der Waals surface area contributed by atoms with Crippen molar-refractivity contribution in [3.8, 4) is 5.69 Å². The van der Waals surface area contributed by atoms with E-state index in [0.29, 0.717) is 5.56 Å². The molecular weight excluding hydrogens is 371 g/mol. The number of rotatable bonds is 4. The van der Waals surface area contributed by atoms with Crippen LogP contribution in [0.15, 0.2) is 54.6 Å². The van der Waals surface area contributed by atoms with Crippen molar-refractivity contribution < 1.29 is 14.0 Å². The first-order chi connectivity index (χ1) is 13.8. The van der Waals surface area contributed by atoms with E-state index in [0.717, 1.165) is 22.6 Å². The van der Waals surface area contributed by atoms with Crippen LogP contribution in [0.25, 0.3) is 5.69 Å². The van der Waals surface area contributed by atoms with Crippen LogP contribution in [-0.2, 0) is 16.9 Å². The number of benzene rings is 2. The third-order valence-electron chi connectivity index (χ3n) is 5.23. The van der Waals surface area contributed by atoms with Crippen LogP contribution < -0.4 is 5.32 Å². The molecule has 0 spiro atoms. The molecule has 4 rings (SSSR count). The van der Waals surface area contributed by atoms with Crippen molar-refractivity contribution in [1.82, 2.24) is 20.0 Å². The van der Waals surface area contributed by atoms with E-state index in [1.165, 1.54) is 29.2 Å². The summed E-state index contributed by atoms with van der Waals surface area (Å²) in [6.07, 6.45) is 0. The average molecular weight is 392 g/mol. The molecule has 1 atom stereocenters. The van der Waals surface area contributed by atoms with Crippen LogP contribution in [0.1, 0.15) is 29.4 Å². The minimum Gasteiger partial charge on any atom is -0.319 e. The lowest BCUT2D eigenvalue weighted by Gasteiger charge is -2.22. The lowest BCUT2D eigenvalue weighted by atomic mass is 9.92. The third kappa shape index (κ3) is 3.29. The van der Waals surface area contributed by atoms with Gasteiger partial charge in [0.1, 0.15) is 11.4 Å². The number of aryl methyl sites for hydroxylation is 2. The predicted molar refractivity (Wildman–Crippen MR) is 106 cm³/mol. The zero-order chi connectivity index (χ0) is 20.8. The Balaban J connectivity index is 1.55. The van der Waals surface area contributed by atoms with Crippen molar-refractivity contribution in [3.05, 3.63) is 82.9 Å². The van der Waals surface area contributed by atoms with Gasteiger partial charge < -0.3 is 5.32 Å². The van der Waals surface area contributed by atoms with Crippen LogP contribution in [0.4, 0.5) is 9.18 Å². The van der Waals surface area contributed by atoms with Gasteiger partial charge in [-0.2, -0.15) is 5.10 Å². The molecule has 1 fully saturated rings. The van der Waals surface area contributed by atoms with E-state index < -0.39 is 17.4 Å². The Kier molecular flexibility index (Phi) is 4.45. The van der Waals surface area contributed by atoms with Crippen molar-refractivity contribution in [2.45, 2.75) is 32.9 Å². The minimum atomic E-state index is -1.21. The first-order valence-electron chi connectivity index (χ1n) is 9.31. The van der Waals surface area contributed by atoms with Crippen LogP contribution in [-0.4, -0.2) is 26.6 Å². The monoisotopic (exact) mass is 392 g/mol. The van der Waals surface area contributed by atoms with Gasteiger partial charge in [-0.15, -0.1) is 0 Å². The molecule has 6 nitrogen and oxygen atoms in total. The number of carbonyl (C=O) groups excluding carboxylic acids is 2. The molecule has 29 heavy (non-hydrogen) atoms. The molecule has 1 N–H and O–H groups in total. The fraction of sp³-hybridized carbons (Fsp3) is 0.227. The van der Waals surface area contributed by atoms with Gasteiger partial charge in [-0.1, -0.05) is 24.3 Å². The second kappa shape index (κ2) is 6.84. The number of aromatic nitrogens is 2. The number of amides is 3. The molecule has 148 valence electrons. The van der Waals surface area contributed by atoms with Gasteiger partial charge in [0, 0.05) is 5.69 Å². The van der Waals surface area contributed by atoms with E-state index in [-0.39, 0.29) is 12.5 Å². The molecule has 1 unspecified atom stereocenters. The summed E-state index contributed by atoms with van der Waals surface area (Å²) >= 11 is 0. The van der Waals surface area contributed by atoms with E-state index >= 15 is 0 Å². The highest BCUT2D eigenvalue weighted by Gasteiger charge is 2.48. The molecule has 0 bridgehead atoms. The summed E-state index contributed by atoms with van der Waals surface area (Å²) in [6.45, 7) is 5.70. The molecule has 2 aromatic carbocycles. The topological polar surface area (TPSA) is 67.2 Å². The van der Waals surface area contributed by atoms with Crippen LogP contribution in [0.2, 0.25) is 0 Å². The normalized spacial score (nSPS) is 19.0. The molecule has 1 aliphatic heterocycles. The number of hydrogen-bond donors (Lipinski definition) is 1. The highest BCUT2D eigenvalue weighted by molar-refractivity contribution is 6.07. The summed E-state index contributed by atoms with van der Waals surface area (Å²) in [6, 6.07) is 14.7. The Morgan fingerprint density at radius 1 is 1.03 bits per heavy atom. The maximum atomic E-state index is 13.2. The molecule has 3 amide bonds. The molecule has 0 saturated carbocycles. The third-order valence-corrected chi connectivity index (χ3v) is 5.23. The molecule has 1 aromatic heterocycles. The summed E-state index contributed by atoms with van der Waals surface area (Å²) in [5.41, 5.74) is 3.02. The predicted octanol–water partition coefficient (Wildman–Crippen LogP) is 3.60. The Morgan fingerprint density at radius 2 is 1.69 bits per heavy atom. The quantitative estimate of drug-likeness (QED) is 0.690. The first-order valence-corrected chi connectivity index (χ1v) is 9.31. The van der Waals surface area contributed by atoms with E-state index in [1.807, 2.05) is 48.9 Å². The highest BCUT2D eigenvalue weighted by Crippen LogP contribution is 2.30. The second-order valence-electron chi connectivity index (χ2n) is 7.46. The number of carbonyl (C=O) groups is 2. The van der Waals surface area contributed by atoms with Gasteiger partial charge in [-0.05, 0) is 62.2 Å². The zero-order valence-corrected chi connectivity index (χ0v) is 16.4. The van der Waals surface area contributed by atoms with E-state index in [4.69, 9.17) is 0 Å². The number of nitrogens with one attached hydrogen (secondary N) is 1. The summed E-state index contributed by atoms with van der Waals surface area (Å²) < 4.78 is 15.1. The molecule has 3 aromatic rings. The lowest BCUT2D eigenvalue weighted by Crippen LogP contribution is -2.40. The summed E-state index contributed by atoms with van der Waals surface area (Å²) in [5.74, 6) is -0.759. The van der Waals surface area contributed by atoms with Crippen molar-refractivity contribution >= 4 is 11.9 Å². The van der Waals surface area contributed by atoms with Crippen molar-refractivity contribution in [2.24, 2.45) is 0 Å². The highest BCUT2D eigenvalue weighted by atomic mass is 19.1. The standard InChI is InChI=1S/C22H21FN4O2/c1-14-12-15(2)27(25-14)19-10-4-16(5-11-19)13-26-20(28)22(3,24-21(26)29)17-6-8-18(23)9-7-17/h4-12H,13H2,1-3H3,(H,24,29). The number of hydrogen-bond acceptors (Lipinski definition) is 3. The van der Waals surface area contributed by atoms with E-state index in [9.17, 15) is 14.0 Å². The molecule has 7 heteroatoms. The molecule has 2 heterocycles. The molecule has 0 aliphatic carbocycles. The SMILES string of the molecule is Cc1cc(C)n(-c2ccc(CN3C(=O)NC(C)(c4ccc(F)cc4)C3=O)cc2)n1. The fourth-order valence-electron chi connectivity index (χ4n) is 3.63. The average Bonchev–Trinajstić information content (AvgIpc) is 3.14. The minimum absolute atomic E-state index is 0.152. The van der Waals surface area contributed by atoms with Gasteiger partial charge >= 0.3 is 6.03 Å². The Bertz CT molecular complexity index is 1090. The maximum Gasteiger partial charge on any atom is 0.325 e. The smallest absolute Gasteiger partial charge is 0.319 e. The second-order valence-corrected chi connectivity index (χ2v) is 7.46. The fourth-order valence-corrected chi connectivity index (χ4v) is 3.63. The Hall–Kier alpha value is -3.48. The van der Waals surface area contributed by atoms with Gasteiger partial charge in [-0.25, -0.2) is 13.9 Å². The number of urea groups is 1. The number of nitrogens with zero attached hydrogens (tertiary/aromatic N) is 3. The van der Waals surface area contributed by atoms with Gasteiger partial charge in [0.25, 0.3) is 5.91 Å². The maximum absolute atomic E-state index is 13.2. The van der Waals surface area contributed by atoms with Crippen molar-refractivity contribution in [1.29, 1.82) is 0 Å². The van der Waals surface area contributed by atoms with E-state index in [2.05, 4.69) is 10.4 Å². The van der Waals surface area contributed by atoms with Gasteiger partial charge in [-0.3, -0.25) is 9.69 Å². The van der Waals surface area contributed by atoms with Gasteiger partial charge in [0.05, 0.1) is 17.9 Å². The van der Waals surface area contributed by atoms with E-state index in [1.54, 1.807) is 6.92 Å².